The minimum atomic E-state index is -0.280. The van der Waals surface area contributed by atoms with Gasteiger partial charge in [-0.25, -0.2) is 0 Å². The van der Waals surface area contributed by atoms with E-state index in [1.165, 1.54) is 11.3 Å². The zero-order valence-corrected chi connectivity index (χ0v) is 15.3. The van der Waals surface area contributed by atoms with Crippen molar-refractivity contribution in [3.05, 3.63) is 58.6 Å². The number of hydrogen-bond donors (Lipinski definition) is 1. The number of nitrogens with zero attached hydrogens (tertiary/aromatic N) is 2. The van der Waals surface area contributed by atoms with E-state index in [2.05, 4.69) is 15.5 Å². The number of nitrogens with one attached hydrogen (secondary N) is 1. The van der Waals surface area contributed by atoms with Gasteiger partial charge in [-0.1, -0.05) is 41.1 Å². The molecule has 3 rings (SSSR count). The van der Waals surface area contributed by atoms with E-state index in [9.17, 15) is 4.79 Å². The van der Waals surface area contributed by atoms with Crippen LogP contribution in [0.5, 0.6) is 5.75 Å². The fourth-order valence-electron chi connectivity index (χ4n) is 2.30. The van der Waals surface area contributed by atoms with Crippen LogP contribution in [-0.2, 0) is 4.79 Å². The van der Waals surface area contributed by atoms with Gasteiger partial charge in [-0.2, -0.15) is 0 Å². The summed E-state index contributed by atoms with van der Waals surface area (Å²) in [6.07, 6.45) is 0. The van der Waals surface area contributed by atoms with Gasteiger partial charge >= 0.3 is 0 Å². The van der Waals surface area contributed by atoms with Gasteiger partial charge in [-0.15, -0.1) is 10.2 Å². The highest BCUT2D eigenvalue weighted by molar-refractivity contribution is 7.18. The van der Waals surface area contributed by atoms with Crippen LogP contribution in [0, 0.1) is 13.8 Å². The second-order valence-electron chi connectivity index (χ2n) is 5.58. The fraction of sp³-hybridized carbons (Fsp3) is 0.167. The Hall–Kier alpha value is -2.44. The van der Waals surface area contributed by atoms with Gasteiger partial charge in [0.15, 0.2) is 6.61 Å². The van der Waals surface area contributed by atoms with E-state index in [1.807, 2.05) is 44.2 Å². The molecule has 0 aliphatic heterocycles. The number of amides is 1. The molecule has 3 aromatic rings. The molecule has 128 valence electrons. The molecule has 1 amide bonds. The zero-order valence-electron chi connectivity index (χ0n) is 13.7. The molecule has 0 saturated heterocycles. The molecule has 0 atom stereocenters. The molecule has 7 heteroatoms. The molecular formula is C18H16ClN3O2S. The van der Waals surface area contributed by atoms with E-state index in [-0.39, 0.29) is 12.5 Å². The lowest BCUT2D eigenvalue weighted by Gasteiger charge is -2.07. The Morgan fingerprint density at radius 3 is 2.48 bits per heavy atom. The maximum Gasteiger partial charge on any atom is 0.264 e. The van der Waals surface area contributed by atoms with Crippen LogP contribution in [0.2, 0.25) is 5.02 Å². The minimum Gasteiger partial charge on any atom is -0.484 e. The summed E-state index contributed by atoms with van der Waals surface area (Å²) in [6, 6.07) is 13.1. The molecule has 1 aromatic heterocycles. The number of aryl methyl sites for hydroxylation is 2. The summed E-state index contributed by atoms with van der Waals surface area (Å²) < 4.78 is 5.54. The number of benzene rings is 2. The summed E-state index contributed by atoms with van der Waals surface area (Å²) in [5.41, 5.74) is 3.08. The molecule has 0 aliphatic carbocycles. The van der Waals surface area contributed by atoms with Gasteiger partial charge in [0.25, 0.3) is 5.91 Å². The highest BCUT2D eigenvalue weighted by atomic mass is 35.5. The molecular weight excluding hydrogens is 358 g/mol. The number of aromatic nitrogens is 2. The van der Waals surface area contributed by atoms with E-state index in [4.69, 9.17) is 16.3 Å². The molecule has 0 fully saturated rings. The van der Waals surface area contributed by atoms with Crippen LogP contribution in [0.3, 0.4) is 0 Å². The topological polar surface area (TPSA) is 64.1 Å². The van der Waals surface area contributed by atoms with E-state index in [0.29, 0.717) is 20.9 Å². The van der Waals surface area contributed by atoms with Gasteiger partial charge in [0.05, 0.1) is 0 Å². The highest BCUT2D eigenvalue weighted by Crippen LogP contribution is 2.27. The van der Waals surface area contributed by atoms with Crippen molar-refractivity contribution in [2.45, 2.75) is 13.8 Å². The molecule has 0 unspecified atom stereocenters. The summed E-state index contributed by atoms with van der Waals surface area (Å²) in [6.45, 7) is 3.89. The van der Waals surface area contributed by atoms with Gasteiger partial charge in [0, 0.05) is 10.6 Å². The summed E-state index contributed by atoms with van der Waals surface area (Å²) >= 11 is 7.17. The summed E-state index contributed by atoms with van der Waals surface area (Å²) in [7, 11) is 0. The molecule has 2 aromatic carbocycles. The third kappa shape index (κ3) is 4.78. The number of anilines is 1. The number of ether oxygens (including phenoxy) is 1. The SMILES string of the molecule is Cc1cc(C)cc(OCC(=O)Nc2nnc(-c3ccc(Cl)cc3)s2)c1. The Labute approximate surface area is 154 Å². The molecule has 0 bridgehead atoms. The van der Waals surface area contributed by atoms with E-state index >= 15 is 0 Å². The van der Waals surface area contributed by atoms with Crippen molar-refractivity contribution in [3.63, 3.8) is 0 Å². The molecule has 0 spiro atoms. The van der Waals surface area contributed by atoms with Crippen molar-refractivity contribution in [2.24, 2.45) is 0 Å². The number of halogens is 1. The van der Waals surface area contributed by atoms with E-state index in [0.717, 1.165) is 16.7 Å². The highest BCUT2D eigenvalue weighted by Gasteiger charge is 2.10. The Morgan fingerprint density at radius 2 is 1.80 bits per heavy atom. The smallest absolute Gasteiger partial charge is 0.264 e. The predicted octanol–water partition coefficient (Wildman–Crippen LogP) is 4.49. The number of hydrogen-bond acceptors (Lipinski definition) is 5. The van der Waals surface area contributed by atoms with Crippen LogP contribution in [0.4, 0.5) is 5.13 Å². The predicted molar refractivity (Wildman–Crippen MR) is 100 cm³/mol. The third-order valence-corrected chi connectivity index (χ3v) is 4.47. The quantitative estimate of drug-likeness (QED) is 0.715. The van der Waals surface area contributed by atoms with Gasteiger partial charge < -0.3 is 4.74 Å². The van der Waals surface area contributed by atoms with Crippen LogP contribution in [-0.4, -0.2) is 22.7 Å². The Bertz CT molecular complexity index is 873. The molecule has 0 radical (unpaired) electrons. The summed E-state index contributed by atoms with van der Waals surface area (Å²) in [4.78, 5) is 12.0. The largest absolute Gasteiger partial charge is 0.484 e. The Morgan fingerprint density at radius 1 is 1.12 bits per heavy atom. The van der Waals surface area contributed by atoms with Crippen LogP contribution in [0.25, 0.3) is 10.6 Å². The Kier molecular flexibility index (Phi) is 5.31. The maximum absolute atomic E-state index is 12.0. The standard InChI is InChI=1S/C18H16ClN3O2S/c1-11-7-12(2)9-15(8-11)24-10-16(23)20-18-22-21-17(25-18)13-3-5-14(19)6-4-13/h3-9H,10H2,1-2H3,(H,20,22,23). The first-order valence-electron chi connectivity index (χ1n) is 7.60. The fourth-order valence-corrected chi connectivity index (χ4v) is 3.19. The monoisotopic (exact) mass is 373 g/mol. The zero-order chi connectivity index (χ0) is 17.8. The van der Waals surface area contributed by atoms with Crippen molar-refractivity contribution in [1.29, 1.82) is 0 Å². The van der Waals surface area contributed by atoms with Crippen molar-refractivity contribution in [1.82, 2.24) is 10.2 Å². The van der Waals surface area contributed by atoms with Crippen molar-refractivity contribution in [3.8, 4) is 16.3 Å². The summed E-state index contributed by atoms with van der Waals surface area (Å²) in [5, 5.41) is 12.6. The number of carbonyl (C=O) groups excluding carboxylic acids is 1. The average Bonchev–Trinajstić information content (AvgIpc) is 3.01. The lowest BCUT2D eigenvalue weighted by molar-refractivity contribution is -0.118. The van der Waals surface area contributed by atoms with Gasteiger partial charge in [-0.3, -0.25) is 10.1 Å². The minimum absolute atomic E-state index is 0.0846. The first-order valence-corrected chi connectivity index (χ1v) is 8.79. The van der Waals surface area contributed by atoms with Crippen molar-refractivity contribution < 1.29 is 9.53 Å². The van der Waals surface area contributed by atoms with Crippen LogP contribution >= 0.6 is 22.9 Å². The first kappa shape index (κ1) is 17.4. The second-order valence-corrected chi connectivity index (χ2v) is 6.99. The van der Waals surface area contributed by atoms with Gasteiger partial charge in [0.1, 0.15) is 10.8 Å². The van der Waals surface area contributed by atoms with Crippen molar-refractivity contribution >= 4 is 34.0 Å². The maximum atomic E-state index is 12.0. The molecule has 5 nitrogen and oxygen atoms in total. The average molecular weight is 374 g/mol. The Balaban J connectivity index is 1.59. The molecule has 25 heavy (non-hydrogen) atoms. The van der Waals surface area contributed by atoms with Crippen LogP contribution < -0.4 is 10.1 Å². The van der Waals surface area contributed by atoms with Crippen LogP contribution in [0.1, 0.15) is 11.1 Å². The first-order chi connectivity index (χ1) is 12.0. The van der Waals surface area contributed by atoms with E-state index in [1.54, 1.807) is 12.1 Å². The molecule has 1 N–H and O–H groups in total. The number of rotatable bonds is 5. The third-order valence-electron chi connectivity index (χ3n) is 3.33. The second kappa shape index (κ2) is 7.63. The molecule has 0 aliphatic rings. The lowest BCUT2D eigenvalue weighted by atomic mass is 10.1. The van der Waals surface area contributed by atoms with Gasteiger partial charge in [-0.05, 0) is 49.2 Å². The molecule has 1 heterocycles. The van der Waals surface area contributed by atoms with E-state index < -0.39 is 0 Å². The van der Waals surface area contributed by atoms with Crippen LogP contribution in [0.15, 0.2) is 42.5 Å². The normalized spacial score (nSPS) is 10.5. The summed E-state index contributed by atoms with van der Waals surface area (Å²) in [5.74, 6) is 0.393. The number of carbonyl (C=O) groups is 1. The van der Waals surface area contributed by atoms with Crippen molar-refractivity contribution in [2.75, 3.05) is 11.9 Å². The lowest BCUT2D eigenvalue weighted by Crippen LogP contribution is -2.20. The van der Waals surface area contributed by atoms with Gasteiger partial charge in [0.2, 0.25) is 5.13 Å². The molecule has 0 saturated carbocycles.